The summed E-state index contributed by atoms with van der Waals surface area (Å²) in [5.41, 5.74) is 1.81. The second-order valence-corrected chi connectivity index (χ2v) is 6.58. The first-order chi connectivity index (χ1) is 9.93. The van der Waals surface area contributed by atoms with Crippen LogP contribution >= 0.6 is 23.4 Å². The molecule has 0 fully saturated rings. The average molecular weight is 327 g/mol. The number of hydrogen-bond donors (Lipinski definition) is 1. The lowest BCUT2D eigenvalue weighted by molar-refractivity contribution is -0.133. The summed E-state index contributed by atoms with van der Waals surface area (Å²) >= 11 is 7.36. The Balaban J connectivity index is 2.52. The van der Waals surface area contributed by atoms with Crippen LogP contribution in [0.15, 0.2) is 23.4 Å². The molecule has 21 heavy (non-hydrogen) atoms. The molecule has 2 unspecified atom stereocenters. The summed E-state index contributed by atoms with van der Waals surface area (Å²) in [5.74, 6) is -0.372. The van der Waals surface area contributed by atoms with Crippen LogP contribution in [0.5, 0.6) is 0 Å². The number of thioether (sulfide) groups is 1. The van der Waals surface area contributed by atoms with E-state index < -0.39 is 5.97 Å². The Morgan fingerprint density at radius 1 is 1.48 bits per heavy atom. The molecule has 2 atom stereocenters. The molecule has 1 N–H and O–H groups in total. The molecule has 0 spiro atoms. The van der Waals surface area contributed by atoms with Gasteiger partial charge in [-0.2, -0.15) is 0 Å². The van der Waals surface area contributed by atoms with E-state index in [9.17, 15) is 4.79 Å². The molecule has 4 nitrogen and oxygen atoms in total. The van der Waals surface area contributed by atoms with Crippen molar-refractivity contribution in [3.05, 3.63) is 23.2 Å². The first kappa shape index (κ1) is 16.2. The van der Waals surface area contributed by atoms with E-state index in [0.29, 0.717) is 10.9 Å². The van der Waals surface area contributed by atoms with Crippen LogP contribution in [0.4, 0.5) is 0 Å². The zero-order valence-corrected chi connectivity index (χ0v) is 13.9. The lowest BCUT2D eigenvalue weighted by Crippen LogP contribution is -2.15. The number of imidazole rings is 1. The van der Waals surface area contributed by atoms with E-state index in [0.717, 1.165) is 22.6 Å². The van der Waals surface area contributed by atoms with Gasteiger partial charge in [0.05, 0.1) is 16.8 Å². The number of carboxylic acids is 1. The predicted molar refractivity (Wildman–Crippen MR) is 87.3 cm³/mol. The van der Waals surface area contributed by atoms with Crippen molar-refractivity contribution in [1.29, 1.82) is 0 Å². The van der Waals surface area contributed by atoms with Gasteiger partial charge < -0.3 is 9.67 Å². The molecule has 1 aromatic carbocycles. The van der Waals surface area contributed by atoms with E-state index in [1.165, 1.54) is 11.8 Å². The zero-order chi connectivity index (χ0) is 15.6. The van der Waals surface area contributed by atoms with Gasteiger partial charge in [0.1, 0.15) is 0 Å². The standard InChI is InChI=1S/C15H19ClN2O2S/c1-4-9(2)10(3)18-13-7-11(16)5-6-12(13)17-15(18)21-8-14(19)20/h5-7,9-10H,4,8H2,1-3H3,(H,19,20). The van der Waals surface area contributed by atoms with Crippen LogP contribution in [0, 0.1) is 5.92 Å². The highest BCUT2D eigenvalue weighted by Crippen LogP contribution is 2.33. The van der Waals surface area contributed by atoms with Gasteiger partial charge in [0, 0.05) is 11.1 Å². The van der Waals surface area contributed by atoms with Gasteiger partial charge in [0.15, 0.2) is 5.16 Å². The molecule has 6 heteroatoms. The monoisotopic (exact) mass is 326 g/mol. The van der Waals surface area contributed by atoms with E-state index in [1.54, 1.807) is 6.07 Å². The third kappa shape index (κ3) is 3.52. The number of aromatic nitrogens is 2. The fraction of sp³-hybridized carbons (Fsp3) is 0.467. The Bertz CT molecular complexity index is 656. The van der Waals surface area contributed by atoms with Crippen LogP contribution in [-0.2, 0) is 4.79 Å². The van der Waals surface area contributed by atoms with E-state index >= 15 is 0 Å². The minimum atomic E-state index is -0.840. The summed E-state index contributed by atoms with van der Waals surface area (Å²) in [6.07, 6.45) is 1.05. The fourth-order valence-electron chi connectivity index (χ4n) is 2.26. The van der Waals surface area contributed by atoms with Gasteiger partial charge in [-0.15, -0.1) is 0 Å². The second kappa shape index (κ2) is 6.71. The number of carboxylic acid groups (broad SMARTS) is 1. The molecule has 2 rings (SSSR count). The van der Waals surface area contributed by atoms with E-state index in [-0.39, 0.29) is 11.8 Å². The fourth-order valence-corrected chi connectivity index (χ4v) is 3.25. The van der Waals surface area contributed by atoms with Crippen molar-refractivity contribution in [2.45, 2.75) is 38.4 Å². The van der Waals surface area contributed by atoms with Crippen LogP contribution in [0.2, 0.25) is 5.02 Å². The van der Waals surface area contributed by atoms with Gasteiger partial charge in [-0.1, -0.05) is 43.6 Å². The van der Waals surface area contributed by atoms with Crippen LogP contribution in [0.1, 0.15) is 33.2 Å². The summed E-state index contributed by atoms with van der Waals surface area (Å²) < 4.78 is 2.11. The third-order valence-corrected chi connectivity index (χ3v) is 4.99. The normalized spacial score (nSPS) is 14.3. The molecule has 0 bridgehead atoms. The van der Waals surface area contributed by atoms with Crippen LogP contribution in [-0.4, -0.2) is 26.4 Å². The molecule has 0 saturated heterocycles. The number of carbonyl (C=O) groups is 1. The van der Waals surface area contributed by atoms with Crippen LogP contribution < -0.4 is 0 Å². The number of aliphatic carboxylic acids is 1. The van der Waals surface area contributed by atoms with Crippen molar-refractivity contribution in [2.24, 2.45) is 5.92 Å². The molecule has 0 aliphatic carbocycles. The molecule has 114 valence electrons. The van der Waals surface area contributed by atoms with Gasteiger partial charge >= 0.3 is 5.97 Å². The summed E-state index contributed by atoms with van der Waals surface area (Å²) in [6.45, 7) is 6.48. The van der Waals surface area contributed by atoms with Crippen molar-refractivity contribution in [3.63, 3.8) is 0 Å². The summed E-state index contributed by atoms with van der Waals surface area (Å²) in [7, 11) is 0. The quantitative estimate of drug-likeness (QED) is 0.795. The third-order valence-electron chi connectivity index (χ3n) is 3.82. The minimum Gasteiger partial charge on any atom is -0.481 e. The Morgan fingerprint density at radius 3 is 2.81 bits per heavy atom. The molecule has 0 radical (unpaired) electrons. The van der Waals surface area contributed by atoms with Crippen molar-refractivity contribution >= 4 is 40.4 Å². The molecule has 0 aliphatic heterocycles. The predicted octanol–water partition coefficient (Wildman–Crippen LogP) is 4.47. The molecule has 1 aromatic heterocycles. The molecule has 0 aliphatic rings. The Labute approximate surface area is 133 Å². The maximum absolute atomic E-state index is 10.8. The maximum Gasteiger partial charge on any atom is 0.313 e. The highest BCUT2D eigenvalue weighted by molar-refractivity contribution is 7.99. The Morgan fingerprint density at radius 2 is 2.19 bits per heavy atom. The minimum absolute atomic E-state index is 0.00425. The van der Waals surface area contributed by atoms with Crippen molar-refractivity contribution < 1.29 is 9.90 Å². The molecule has 0 amide bonds. The van der Waals surface area contributed by atoms with Gasteiger partial charge in [0.25, 0.3) is 0 Å². The second-order valence-electron chi connectivity index (χ2n) is 5.21. The lowest BCUT2D eigenvalue weighted by Gasteiger charge is -2.22. The average Bonchev–Trinajstić information content (AvgIpc) is 2.80. The van der Waals surface area contributed by atoms with Gasteiger partial charge in [0.2, 0.25) is 0 Å². The topological polar surface area (TPSA) is 55.1 Å². The summed E-state index contributed by atoms with van der Waals surface area (Å²) in [5, 5.41) is 10.3. The van der Waals surface area contributed by atoms with E-state index in [2.05, 4.69) is 30.3 Å². The number of fused-ring (bicyclic) bond motifs is 1. The number of rotatable bonds is 6. The van der Waals surface area contributed by atoms with Crippen LogP contribution in [0.3, 0.4) is 0 Å². The largest absolute Gasteiger partial charge is 0.481 e. The van der Waals surface area contributed by atoms with E-state index in [1.807, 2.05) is 12.1 Å². The zero-order valence-electron chi connectivity index (χ0n) is 12.3. The smallest absolute Gasteiger partial charge is 0.313 e. The number of nitrogens with zero attached hydrogens (tertiary/aromatic N) is 2. The number of benzene rings is 1. The van der Waals surface area contributed by atoms with Crippen molar-refractivity contribution in [1.82, 2.24) is 9.55 Å². The van der Waals surface area contributed by atoms with Gasteiger partial charge in [-0.05, 0) is 31.0 Å². The van der Waals surface area contributed by atoms with E-state index in [4.69, 9.17) is 16.7 Å². The lowest BCUT2D eigenvalue weighted by atomic mass is 10.0. The maximum atomic E-state index is 10.8. The highest BCUT2D eigenvalue weighted by Gasteiger charge is 2.20. The van der Waals surface area contributed by atoms with Gasteiger partial charge in [-0.25, -0.2) is 4.98 Å². The Kier molecular flexibility index (Phi) is 5.17. The molecule has 1 heterocycles. The summed E-state index contributed by atoms with van der Waals surface area (Å²) in [4.78, 5) is 15.4. The van der Waals surface area contributed by atoms with Crippen molar-refractivity contribution in [2.75, 3.05) is 5.75 Å². The summed E-state index contributed by atoms with van der Waals surface area (Å²) in [6, 6.07) is 5.81. The first-order valence-corrected chi connectivity index (χ1v) is 8.32. The molecular formula is C15H19ClN2O2S. The number of halogens is 1. The van der Waals surface area contributed by atoms with Crippen LogP contribution in [0.25, 0.3) is 11.0 Å². The number of hydrogen-bond acceptors (Lipinski definition) is 3. The van der Waals surface area contributed by atoms with Crippen molar-refractivity contribution in [3.8, 4) is 0 Å². The molecule has 2 aromatic rings. The SMILES string of the molecule is CCC(C)C(C)n1c(SCC(=O)O)nc2ccc(Cl)cc21. The molecule has 0 saturated carbocycles. The first-order valence-electron chi connectivity index (χ1n) is 6.96. The molecular weight excluding hydrogens is 308 g/mol. The Hall–Kier alpha value is -1.20. The highest BCUT2D eigenvalue weighted by atomic mass is 35.5. The van der Waals surface area contributed by atoms with Gasteiger partial charge in [-0.3, -0.25) is 4.79 Å².